The fraction of sp³-hybridized carbons (Fsp3) is 0.417. The average molecular weight is 237 g/mol. The average Bonchev–Trinajstić information content (AvgIpc) is 2.70. The van der Waals surface area contributed by atoms with Crippen LogP contribution in [-0.4, -0.2) is 30.9 Å². The van der Waals surface area contributed by atoms with Crippen molar-refractivity contribution in [3.8, 4) is 0 Å². The second-order valence-electron chi connectivity index (χ2n) is 4.48. The molecular formula is C12H16FN3O. The topological polar surface area (TPSA) is 58.4 Å². The fourth-order valence-electron chi connectivity index (χ4n) is 2.02. The first-order chi connectivity index (χ1) is 8.06. The number of rotatable bonds is 2. The summed E-state index contributed by atoms with van der Waals surface area (Å²) in [4.78, 5) is 14.0. The summed E-state index contributed by atoms with van der Waals surface area (Å²) < 4.78 is 13.4. The van der Waals surface area contributed by atoms with Crippen molar-refractivity contribution in [2.24, 2.45) is 5.92 Å². The van der Waals surface area contributed by atoms with Crippen LogP contribution < -0.4 is 11.1 Å². The molecule has 1 aromatic rings. The van der Waals surface area contributed by atoms with Gasteiger partial charge in [-0.1, -0.05) is 0 Å². The highest BCUT2D eigenvalue weighted by Crippen LogP contribution is 2.21. The Bertz CT molecular complexity index is 436. The lowest BCUT2D eigenvalue weighted by Crippen LogP contribution is -2.25. The van der Waals surface area contributed by atoms with E-state index >= 15 is 0 Å². The summed E-state index contributed by atoms with van der Waals surface area (Å²) in [5.74, 6) is -0.668. The highest BCUT2D eigenvalue weighted by atomic mass is 19.1. The quantitative estimate of drug-likeness (QED) is 0.762. The Kier molecular flexibility index (Phi) is 3.28. The zero-order valence-electron chi connectivity index (χ0n) is 9.74. The first-order valence-electron chi connectivity index (χ1n) is 5.60. The van der Waals surface area contributed by atoms with Gasteiger partial charge in [0.05, 0.1) is 11.6 Å². The second-order valence-corrected chi connectivity index (χ2v) is 4.48. The van der Waals surface area contributed by atoms with Gasteiger partial charge < -0.3 is 16.0 Å². The minimum atomic E-state index is -0.459. The minimum absolute atomic E-state index is 0.0687. The van der Waals surface area contributed by atoms with E-state index in [-0.39, 0.29) is 17.5 Å². The maximum absolute atomic E-state index is 13.4. The molecule has 0 aliphatic carbocycles. The summed E-state index contributed by atoms with van der Waals surface area (Å²) >= 11 is 0. The number of likely N-dealkylation sites (tertiary alicyclic amines) is 1. The number of amides is 1. The number of nitrogens with one attached hydrogen (secondary N) is 1. The summed E-state index contributed by atoms with van der Waals surface area (Å²) in [7, 11) is 1.97. The zero-order chi connectivity index (χ0) is 12.4. The molecule has 0 aromatic heterocycles. The Hall–Kier alpha value is -1.62. The molecule has 0 bridgehead atoms. The molecule has 0 radical (unpaired) electrons. The lowest BCUT2D eigenvalue weighted by Gasteiger charge is -2.12. The predicted molar refractivity (Wildman–Crippen MR) is 65.0 cm³/mol. The molecule has 2 rings (SSSR count). The van der Waals surface area contributed by atoms with Gasteiger partial charge in [-0.25, -0.2) is 4.39 Å². The molecule has 3 N–H and O–H groups in total. The van der Waals surface area contributed by atoms with Crippen LogP contribution in [0.2, 0.25) is 0 Å². The van der Waals surface area contributed by atoms with E-state index in [9.17, 15) is 9.18 Å². The fourth-order valence-corrected chi connectivity index (χ4v) is 2.02. The molecule has 0 saturated carbocycles. The van der Waals surface area contributed by atoms with Crippen molar-refractivity contribution < 1.29 is 9.18 Å². The molecule has 92 valence electrons. The van der Waals surface area contributed by atoms with Gasteiger partial charge >= 0.3 is 0 Å². The molecule has 17 heavy (non-hydrogen) atoms. The Morgan fingerprint density at radius 1 is 1.59 bits per heavy atom. The second kappa shape index (κ2) is 4.71. The largest absolute Gasteiger partial charge is 0.399 e. The van der Waals surface area contributed by atoms with Gasteiger partial charge in [0.1, 0.15) is 5.82 Å². The third kappa shape index (κ3) is 2.74. The van der Waals surface area contributed by atoms with Crippen LogP contribution in [-0.2, 0) is 4.79 Å². The van der Waals surface area contributed by atoms with E-state index in [0.717, 1.165) is 19.5 Å². The van der Waals surface area contributed by atoms with E-state index in [2.05, 4.69) is 10.2 Å². The lowest BCUT2D eigenvalue weighted by atomic mass is 10.1. The van der Waals surface area contributed by atoms with Crippen molar-refractivity contribution in [3.05, 3.63) is 24.0 Å². The van der Waals surface area contributed by atoms with Crippen molar-refractivity contribution in [2.75, 3.05) is 31.2 Å². The van der Waals surface area contributed by atoms with Crippen LogP contribution in [0, 0.1) is 11.7 Å². The number of nitrogen functional groups attached to an aromatic ring is 1. The standard InChI is InChI=1S/C12H16FN3O/c1-16-5-4-8(7-16)12(17)15-11-6-9(14)2-3-10(11)13/h2-3,6,8H,4-5,7,14H2,1H3,(H,15,17). The van der Waals surface area contributed by atoms with E-state index in [1.165, 1.54) is 18.2 Å². The number of halogens is 1. The minimum Gasteiger partial charge on any atom is -0.399 e. The molecule has 1 amide bonds. The van der Waals surface area contributed by atoms with Crippen LogP contribution in [0.25, 0.3) is 0 Å². The molecular weight excluding hydrogens is 221 g/mol. The van der Waals surface area contributed by atoms with E-state index < -0.39 is 5.82 Å². The third-order valence-corrected chi connectivity index (χ3v) is 3.01. The van der Waals surface area contributed by atoms with Crippen LogP contribution in [0.4, 0.5) is 15.8 Å². The van der Waals surface area contributed by atoms with Gasteiger partial charge in [-0.15, -0.1) is 0 Å². The van der Waals surface area contributed by atoms with Crippen LogP contribution in [0.15, 0.2) is 18.2 Å². The Morgan fingerprint density at radius 3 is 3.00 bits per heavy atom. The maximum atomic E-state index is 13.4. The number of hydrogen-bond acceptors (Lipinski definition) is 3. The maximum Gasteiger partial charge on any atom is 0.228 e. The van der Waals surface area contributed by atoms with Crippen molar-refractivity contribution >= 4 is 17.3 Å². The van der Waals surface area contributed by atoms with Crippen LogP contribution in [0.1, 0.15) is 6.42 Å². The molecule has 1 fully saturated rings. The molecule has 1 atom stereocenters. The predicted octanol–water partition coefficient (Wildman–Crippen LogP) is 1.30. The van der Waals surface area contributed by atoms with Gasteiger partial charge in [-0.3, -0.25) is 4.79 Å². The van der Waals surface area contributed by atoms with Crippen LogP contribution in [0.3, 0.4) is 0 Å². The van der Waals surface area contributed by atoms with Crippen LogP contribution in [0.5, 0.6) is 0 Å². The van der Waals surface area contributed by atoms with Crippen molar-refractivity contribution in [2.45, 2.75) is 6.42 Å². The molecule has 1 aliphatic rings. The summed E-state index contributed by atoms with van der Waals surface area (Å²) in [5, 5.41) is 2.59. The third-order valence-electron chi connectivity index (χ3n) is 3.01. The van der Waals surface area contributed by atoms with Gasteiger partial charge in [0.15, 0.2) is 0 Å². The van der Waals surface area contributed by atoms with E-state index in [1.807, 2.05) is 7.05 Å². The first-order valence-corrected chi connectivity index (χ1v) is 5.60. The normalized spacial score (nSPS) is 20.5. The molecule has 1 heterocycles. The van der Waals surface area contributed by atoms with Gasteiger partial charge in [-0.2, -0.15) is 0 Å². The van der Waals surface area contributed by atoms with Crippen molar-refractivity contribution in [1.29, 1.82) is 0 Å². The first kappa shape index (κ1) is 11.9. The molecule has 4 nitrogen and oxygen atoms in total. The Morgan fingerprint density at radius 2 is 2.35 bits per heavy atom. The Labute approximate surface area is 99.6 Å². The number of benzene rings is 1. The monoisotopic (exact) mass is 237 g/mol. The van der Waals surface area contributed by atoms with E-state index in [1.54, 1.807) is 0 Å². The smallest absolute Gasteiger partial charge is 0.228 e. The molecule has 0 spiro atoms. The van der Waals surface area contributed by atoms with Crippen molar-refractivity contribution in [3.63, 3.8) is 0 Å². The molecule has 1 unspecified atom stereocenters. The summed E-state index contributed by atoms with van der Waals surface area (Å²) in [6, 6.07) is 4.16. The van der Waals surface area contributed by atoms with E-state index in [0.29, 0.717) is 5.69 Å². The summed E-state index contributed by atoms with van der Waals surface area (Å²) in [5.41, 5.74) is 6.14. The SMILES string of the molecule is CN1CCC(C(=O)Nc2cc(N)ccc2F)C1. The highest BCUT2D eigenvalue weighted by Gasteiger charge is 2.26. The number of anilines is 2. The lowest BCUT2D eigenvalue weighted by molar-refractivity contribution is -0.119. The number of carbonyl (C=O) groups excluding carboxylic acids is 1. The number of carbonyl (C=O) groups is 1. The zero-order valence-corrected chi connectivity index (χ0v) is 9.74. The highest BCUT2D eigenvalue weighted by molar-refractivity contribution is 5.93. The van der Waals surface area contributed by atoms with Gasteiger partial charge in [-0.05, 0) is 38.2 Å². The number of nitrogens with zero attached hydrogens (tertiary/aromatic N) is 1. The molecule has 5 heteroatoms. The number of hydrogen-bond donors (Lipinski definition) is 2. The summed E-state index contributed by atoms with van der Waals surface area (Å²) in [6.07, 6.45) is 0.812. The molecule has 1 aromatic carbocycles. The van der Waals surface area contributed by atoms with Crippen molar-refractivity contribution in [1.82, 2.24) is 4.90 Å². The van der Waals surface area contributed by atoms with Gasteiger partial charge in [0.25, 0.3) is 0 Å². The molecule has 1 aliphatic heterocycles. The Balaban J connectivity index is 2.05. The van der Waals surface area contributed by atoms with Gasteiger partial charge in [0.2, 0.25) is 5.91 Å². The summed E-state index contributed by atoms with van der Waals surface area (Å²) in [6.45, 7) is 1.62. The van der Waals surface area contributed by atoms with E-state index in [4.69, 9.17) is 5.73 Å². The number of nitrogens with two attached hydrogens (primary N) is 1. The van der Waals surface area contributed by atoms with Crippen LogP contribution >= 0.6 is 0 Å². The van der Waals surface area contributed by atoms with Gasteiger partial charge in [0, 0.05) is 12.2 Å². The molecule has 1 saturated heterocycles.